The predicted molar refractivity (Wildman–Crippen MR) is 104 cm³/mol. The van der Waals surface area contributed by atoms with Gasteiger partial charge in [-0.25, -0.2) is 13.2 Å². The number of hydrogen-bond acceptors (Lipinski definition) is 3. The van der Waals surface area contributed by atoms with Crippen molar-refractivity contribution in [3.8, 4) is 5.75 Å². The first-order chi connectivity index (χ1) is 15.8. The van der Waals surface area contributed by atoms with Gasteiger partial charge in [0.25, 0.3) is 5.91 Å². The fraction of sp³-hybridized carbons (Fsp3) is 0.409. The Morgan fingerprint density at radius 2 is 1.47 bits per heavy atom. The van der Waals surface area contributed by atoms with E-state index in [0.29, 0.717) is 13.1 Å². The van der Waals surface area contributed by atoms with E-state index in [4.69, 9.17) is 0 Å². The molecule has 0 radical (unpaired) electrons. The van der Waals surface area contributed by atoms with Gasteiger partial charge in [-0.15, -0.1) is 0 Å². The maximum Gasteiger partial charge on any atom is 0.422 e. The number of rotatable bonds is 5. The Hall–Kier alpha value is -2.89. The molecule has 0 N–H and O–H groups in total. The normalized spacial score (nSPS) is 19.4. The second kappa shape index (κ2) is 9.77. The number of halogens is 8. The molecule has 1 fully saturated rings. The number of carbonyl (C=O) groups excluding carboxylic acids is 1. The van der Waals surface area contributed by atoms with Crippen LogP contribution in [0.4, 0.5) is 35.1 Å². The second-order valence-corrected chi connectivity index (χ2v) is 8.05. The minimum atomic E-state index is -5.68. The molecule has 1 saturated heterocycles. The summed E-state index contributed by atoms with van der Waals surface area (Å²) in [6.07, 6.45) is -5.68. The van der Waals surface area contributed by atoms with Crippen LogP contribution in [0, 0.1) is 29.1 Å². The predicted octanol–water partition coefficient (Wildman–Crippen LogP) is 4.90. The summed E-state index contributed by atoms with van der Waals surface area (Å²) in [5.74, 6) is -13.0. The first kappa shape index (κ1) is 25.7. The van der Waals surface area contributed by atoms with E-state index < -0.39 is 59.3 Å². The highest BCUT2D eigenvalue weighted by atomic mass is 19.4. The highest BCUT2D eigenvalue weighted by Crippen LogP contribution is 2.39. The summed E-state index contributed by atoms with van der Waals surface area (Å²) in [4.78, 5) is 15.9. The zero-order valence-corrected chi connectivity index (χ0v) is 18.0. The number of carbonyl (C=O) groups is 1. The van der Waals surface area contributed by atoms with Gasteiger partial charge in [0, 0.05) is 31.7 Å². The van der Waals surface area contributed by atoms with Crippen molar-refractivity contribution in [2.24, 2.45) is 0 Å². The van der Waals surface area contributed by atoms with Crippen LogP contribution in [0.25, 0.3) is 0 Å². The maximum absolute atomic E-state index is 14.0. The number of nitrogens with zero attached hydrogens (tertiary/aromatic N) is 2. The van der Waals surface area contributed by atoms with Crippen LogP contribution < -0.4 is 4.74 Å². The summed E-state index contributed by atoms with van der Waals surface area (Å²) in [6.45, 7) is 3.50. The molecule has 0 aliphatic carbocycles. The van der Waals surface area contributed by atoms with Gasteiger partial charge in [0.1, 0.15) is 11.4 Å². The van der Waals surface area contributed by atoms with Crippen molar-refractivity contribution in [2.45, 2.75) is 38.7 Å². The molecule has 2 aromatic rings. The Bertz CT molecular complexity index is 1030. The highest BCUT2D eigenvalue weighted by Gasteiger charge is 2.43. The fourth-order valence-electron chi connectivity index (χ4n) is 3.79. The molecule has 12 heteroatoms. The van der Waals surface area contributed by atoms with Gasteiger partial charge in [0.2, 0.25) is 11.6 Å². The van der Waals surface area contributed by atoms with Gasteiger partial charge < -0.3 is 9.64 Å². The lowest BCUT2D eigenvalue weighted by atomic mass is 10.1. The van der Waals surface area contributed by atoms with E-state index in [1.807, 2.05) is 11.8 Å². The molecule has 1 aliphatic heterocycles. The smallest absolute Gasteiger partial charge is 0.422 e. The Balaban J connectivity index is 1.68. The van der Waals surface area contributed by atoms with Crippen molar-refractivity contribution < 1.29 is 44.7 Å². The zero-order chi connectivity index (χ0) is 25.4. The van der Waals surface area contributed by atoms with Crippen LogP contribution in [0.15, 0.2) is 24.3 Å². The highest BCUT2D eigenvalue weighted by molar-refractivity contribution is 5.78. The lowest BCUT2D eigenvalue weighted by Gasteiger charge is -2.44. The standard InChI is InChI=1S/C22H20F8N2O2/c1-11-8-32(12(2)7-31(11)9-13-3-5-14(23)6-4-13)15(33)10-34-21-19(26)17(24)16(22(28,29)30)18(25)20(21)27/h3-6,11-12H,7-10H2,1-2H3/t11-,12+/m1/s1. The van der Waals surface area contributed by atoms with Gasteiger partial charge in [0.15, 0.2) is 24.0 Å². The van der Waals surface area contributed by atoms with Crippen molar-refractivity contribution in [3.63, 3.8) is 0 Å². The summed E-state index contributed by atoms with van der Waals surface area (Å²) in [7, 11) is 0. The van der Waals surface area contributed by atoms with Crippen molar-refractivity contribution in [3.05, 3.63) is 64.5 Å². The van der Waals surface area contributed by atoms with Crippen LogP contribution in [0.1, 0.15) is 25.0 Å². The Morgan fingerprint density at radius 3 is 2.00 bits per heavy atom. The maximum atomic E-state index is 14.0. The van der Waals surface area contributed by atoms with E-state index in [2.05, 4.69) is 4.74 Å². The largest absolute Gasteiger partial charge is 0.477 e. The van der Waals surface area contributed by atoms with Gasteiger partial charge in [-0.1, -0.05) is 12.1 Å². The van der Waals surface area contributed by atoms with Gasteiger partial charge in [-0.3, -0.25) is 9.69 Å². The number of hydrogen-bond donors (Lipinski definition) is 0. The van der Waals surface area contributed by atoms with Crippen LogP contribution in [-0.2, 0) is 17.5 Å². The van der Waals surface area contributed by atoms with Crippen LogP contribution in [0.3, 0.4) is 0 Å². The molecule has 2 atom stereocenters. The monoisotopic (exact) mass is 496 g/mol. The quantitative estimate of drug-likeness (QED) is 0.436. The lowest BCUT2D eigenvalue weighted by molar-refractivity contribution is -0.143. The minimum Gasteiger partial charge on any atom is -0.477 e. The van der Waals surface area contributed by atoms with Gasteiger partial charge >= 0.3 is 6.18 Å². The van der Waals surface area contributed by atoms with Gasteiger partial charge in [-0.2, -0.15) is 22.0 Å². The van der Waals surface area contributed by atoms with E-state index in [0.717, 1.165) is 5.56 Å². The second-order valence-electron chi connectivity index (χ2n) is 8.05. The third kappa shape index (κ3) is 5.26. The number of alkyl halides is 3. The molecule has 0 spiro atoms. The molecule has 186 valence electrons. The average molecular weight is 496 g/mol. The van der Waals surface area contributed by atoms with Crippen molar-refractivity contribution >= 4 is 5.91 Å². The van der Waals surface area contributed by atoms with Crippen molar-refractivity contribution in [1.29, 1.82) is 0 Å². The Kier molecular flexibility index (Phi) is 7.39. The van der Waals surface area contributed by atoms with Gasteiger partial charge in [-0.05, 0) is 31.5 Å². The Morgan fingerprint density at radius 1 is 0.912 bits per heavy atom. The summed E-state index contributed by atoms with van der Waals surface area (Å²) in [6, 6.07) is 5.33. The first-order valence-electron chi connectivity index (χ1n) is 10.1. The number of benzene rings is 2. The summed E-state index contributed by atoms with van der Waals surface area (Å²) >= 11 is 0. The molecule has 3 rings (SSSR count). The molecule has 1 heterocycles. The number of amides is 1. The fourth-order valence-corrected chi connectivity index (χ4v) is 3.79. The van der Waals surface area contributed by atoms with E-state index in [1.54, 1.807) is 19.1 Å². The molecule has 1 aliphatic rings. The molecule has 0 saturated carbocycles. The molecular formula is C22H20F8N2O2. The topological polar surface area (TPSA) is 32.8 Å². The average Bonchev–Trinajstić information content (AvgIpc) is 2.75. The molecule has 1 amide bonds. The van der Waals surface area contributed by atoms with E-state index in [-0.39, 0.29) is 18.4 Å². The van der Waals surface area contributed by atoms with E-state index in [9.17, 15) is 39.9 Å². The molecular weight excluding hydrogens is 476 g/mol. The number of piperazine rings is 1. The number of ether oxygens (including phenoxy) is 1. The zero-order valence-electron chi connectivity index (χ0n) is 18.0. The van der Waals surface area contributed by atoms with Crippen LogP contribution in [0.2, 0.25) is 0 Å². The lowest BCUT2D eigenvalue weighted by Crippen LogP contribution is -2.58. The summed E-state index contributed by atoms with van der Waals surface area (Å²) < 4.78 is 111. The third-order valence-electron chi connectivity index (χ3n) is 5.58. The van der Waals surface area contributed by atoms with Crippen LogP contribution >= 0.6 is 0 Å². The molecule has 34 heavy (non-hydrogen) atoms. The van der Waals surface area contributed by atoms with Crippen LogP contribution in [-0.4, -0.2) is 47.5 Å². The molecule has 0 bridgehead atoms. The summed E-state index contributed by atoms with van der Waals surface area (Å²) in [5, 5.41) is 0. The molecule has 4 nitrogen and oxygen atoms in total. The summed E-state index contributed by atoms with van der Waals surface area (Å²) in [5.41, 5.74) is -1.87. The SMILES string of the molecule is C[C@@H]1CN(C(=O)COc2c(F)c(F)c(C(F)(F)F)c(F)c2F)[C@@H](C)CN1Cc1ccc(F)cc1. The van der Waals surface area contributed by atoms with Gasteiger partial charge in [0.05, 0.1) is 0 Å². The Labute approximate surface area is 189 Å². The van der Waals surface area contributed by atoms with Crippen molar-refractivity contribution in [2.75, 3.05) is 19.7 Å². The third-order valence-corrected chi connectivity index (χ3v) is 5.58. The van der Waals surface area contributed by atoms with E-state index in [1.165, 1.54) is 17.0 Å². The van der Waals surface area contributed by atoms with Crippen molar-refractivity contribution in [1.82, 2.24) is 9.80 Å². The molecule has 0 aromatic heterocycles. The van der Waals surface area contributed by atoms with E-state index >= 15 is 0 Å². The van der Waals surface area contributed by atoms with Crippen LogP contribution in [0.5, 0.6) is 5.75 Å². The molecule has 2 aromatic carbocycles. The molecule has 0 unspecified atom stereocenters. The minimum absolute atomic E-state index is 0.172. The first-order valence-corrected chi connectivity index (χ1v) is 10.1.